The van der Waals surface area contributed by atoms with Crippen molar-refractivity contribution in [1.29, 1.82) is 0 Å². The van der Waals surface area contributed by atoms with Gasteiger partial charge in [-0.15, -0.1) is 0 Å². The SMILES string of the molecule is COC(=O)CCCCCCC(=O)N/N=C/[C@H](O)[C@@H](O)[C@H](O)[C@H](O)CO[C@H]1O[C@H](CO)[C@H](O)[C@H](O)[C@H]1O. The van der Waals surface area contributed by atoms with Gasteiger partial charge in [-0.3, -0.25) is 9.59 Å². The van der Waals surface area contributed by atoms with E-state index in [1.54, 1.807) is 0 Å². The van der Waals surface area contributed by atoms with Crippen molar-refractivity contribution >= 4 is 18.1 Å². The number of carbonyl (C=O) groups is 2. The number of hydrogen-bond donors (Lipinski definition) is 9. The van der Waals surface area contributed by atoms with Crippen LogP contribution in [0.5, 0.6) is 0 Å². The molecule has 0 aromatic heterocycles. The number of unbranched alkanes of at least 4 members (excludes halogenated alkanes) is 3. The maximum atomic E-state index is 11.7. The van der Waals surface area contributed by atoms with Crippen molar-refractivity contribution in [3.8, 4) is 0 Å². The predicted molar refractivity (Wildman–Crippen MR) is 120 cm³/mol. The van der Waals surface area contributed by atoms with Crippen molar-refractivity contribution in [2.45, 2.75) is 93.6 Å². The number of aliphatic hydroxyl groups excluding tert-OH is 8. The minimum absolute atomic E-state index is 0.144. The zero-order valence-electron chi connectivity index (χ0n) is 20.0. The van der Waals surface area contributed by atoms with Gasteiger partial charge in [0.2, 0.25) is 5.91 Å². The summed E-state index contributed by atoms with van der Waals surface area (Å²) >= 11 is 0. The number of rotatable bonds is 16. The molecule has 1 heterocycles. The number of esters is 1. The van der Waals surface area contributed by atoms with Crippen molar-refractivity contribution in [3.05, 3.63) is 0 Å². The Labute approximate surface area is 207 Å². The number of methoxy groups -OCH3 is 1. The van der Waals surface area contributed by atoms with Gasteiger partial charge in [0.05, 0.1) is 26.5 Å². The van der Waals surface area contributed by atoms with Crippen LogP contribution in [-0.2, 0) is 23.8 Å². The van der Waals surface area contributed by atoms with Gasteiger partial charge >= 0.3 is 5.97 Å². The maximum absolute atomic E-state index is 11.7. The Balaban J connectivity index is 2.35. The van der Waals surface area contributed by atoms with Crippen LogP contribution in [0.4, 0.5) is 0 Å². The van der Waals surface area contributed by atoms with E-state index in [1.165, 1.54) is 7.11 Å². The summed E-state index contributed by atoms with van der Waals surface area (Å²) in [4.78, 5) is 22.7. The van der Waals surface area contributed by atoms with Gasteiger partial charge in [-0.2, -0.15) is 5.10 Å². The van der Waals surface area contributed by atoms with Crippen molar-refractivity contribution in [2.24, 2.45) is 5.10 Å². The molecule has 210 valence electrons. The second kappa shape index (κ2) is 16.9. The summed E-state index contributed by atoms with van der Waals surface area (Å²) in [5, 5.41) is 82.0. The highest BCUT2D eigenvalue weighted by atomic mass is 16.7. The van der Waals surface area contributed by atoms with Crippen LogP contribution in [0.3, 0.4) is 0 Å². The van der Waals surface area contributed by atoms with Crippen LogP contribution in [-0.4, -0.2) is 134 Å². The highest BCUT2D eigenvalue weighted by Crippen LogP contribution is 2.22. The molecule has 1 saturated heterocycles. The molecule has 1 amide bonds. The summed E-state index contributed by atoms with van der Waals surface area (Å²) in [7, 11) is 1.31. The van der Waals surface area contributed by atoms with Crippen LogP contribution in [0, 0.1) is 0 Å². The molecule has 1 rings (SSSR count). The van der Waals surface area contributed by atoms with E-state index in [9.17, 15) is 45.3 Å². The lowest BCUT2D eigenvalue weighted by atomic mass is 9.99. The molecule has 0 spiro atoms. The Bertz CT molecular complexity index is 680. The first-order valence-corrected chi connectivity index (χ1v) is 11.6. The first-order chi connectivity index (χ1) is 17.0. The Morgan fingerprint density at radius 2 is 1.61 bits per heavy atom. The lowest BCUT2D eigenvalue weighted by molar-refractivity contribution is -0.306. The molecule has 0 aromatic carbocycles. The molecule has 0 unspecified atom stereocenters. The van der Waals surface area contributed by atoms with Crippen molar-refractivity contribution in [1.82, 2.24) is 5.43 Å². The van der Waals surface area contributed by atoms with E-state index in [0.717, 1.165) is 12.6 Å². The minimum atomic E-state index is -1.95. The molecule has 15 nitrogen and oxygen atoms in total. The summed E-state index contributed by atoms with van der Waals surface area (Å²) in [6, 6.07) is 0. The Hall–Kier alpha value is -1.79. The molecule has 1 aliphatic heterocycles. The highest BCUT2D eigenvalue weighted by Gasteiger charge is 2.44. The van der Waals surface area contributed by atoms with Crippen LogP contribution >= 0.6 is 0 Å². The normalized spacial score (nSPS) is 27.9. The van der Waals surface area contributed by atoms with Crippen LogP contribution in [0.1, 0.15) is 38.5 Å². The molecule has 0 bridgehead atoms. The number of hydrogen-bond acceptors (Lipinski definition) is 14. The highest BCUT2D eigenvalue weighted by molar-refractivity contribution is 5.77. The minimum Gasteiger partial charge on any atom is -0.469 e. The molecule has 1 aliphatic rings. The van der Waals surface area contributed by atoms with Crippen LogP contribution in [0.2, 0.25) is 0 Å². The Morgan fingerprint density at radius 3 is 2.22 bits per heavy atom. The van der Waals surface area contributed by atoms with Gasteiger partial charge in [0.15, 0.2) is 6.29 Å². The van der Waals surface area contributed by atoms with Gasteiger partial charge in [-0.25, -0.2) is 5.43 Å². The molecule has 9 N–H and O–H groups in total. The van der Waals surface area contributed by atoms with E-state index < -0.39 is 74.2 Å². The zero-order valence-corrected chi connectivity index (χ0v) is 20.0. The van der Waals surface area contributed by atoms with Crippen LogP contribution < -0.4 is 5.43 Å². The second-order valence-electron chi connectivity index (χ2n) is 8.37. The fourth-order valence-electron chi connectivity index (χ4n) is 3.27. The molecule has 0 aromatic rings. The first-order valence-electron chi connectivity index (χ1n) is 11.6. The average molecular weight is 527 g/mol. The van der Waals surface area contributed by atoms with Gasteiger partial charge < -0.3 is 55.1 Å². The van der Waals surface area contributed by atoms with E-state index in [0.29, 0.717) is 25.7 Å². The first kappa shape index (κ1) is 32.2. The molecule has 0 saturated carbocycles. The second-order valence-corrected chi connectivity index (χ2v) is 8.37. The largest absolute Gasteiger partial charge is 0.469 e. The van der Waals surface area contributed by atoms with Crippen molar-refractivity contribution in [2.75, 3.05) is 20.3 Å². The molecule has 9 atom stereocenters. The lowest BCUT2D eigenvalue weighted by Gasteiger charge is -2.40. The molecular weight excluding hydrogens is 488 g/mol. The summed E-state index contributed by atoms with van der Waals surface area (Å²) in [6.45, 7) is -1.41. The standard InChI is InChI=1S/C21H38N2O13/c1-34-15(28)7-5-3-2-4-6-14(27)23-22-8-11(25)16(29)17(30)12(26)10-35-21-20(33)19(32)18(31)13(9-24)36-21/h8,11-13,16-21,24-26,29-33H,2-7,9-10H2,1H3,(H,23,27)/b22-8+/t11-,12+,13+,16+,17+,18-,19-,20+,21-/m0/s1. The third kappa shape index (κ3) is 10.7. The number of amides is 1. The van der Waals surface area contributed by atoms with Gasteiger partial charge in [-0.05, 0) is 12.8 Å². The lowest BCUT2D eigenvalue weighted by Crippen LogP contribution is -2.59. The van der Waals surface area contributed by atoms with E-state index in [-0.39, 0.29) is 12.4 Å². The monoisotopic (exact) mass is 526 g/mol. The number of hydrazone groups is 1. The molecule has 0 radical (unpaired) electrons. The number of nitrogens with zero attached hydrogens (tertiary/aromatic N) is 1. The zero-order chi connectivity index (χ0) is 27.3. The molecule has 1 fully saturated rings. The predicted octanol–water partition coefficient (Wildman–Crippen LogP) is -4.14. The third-order valence-corrected chi connectivity index (χ3v) is 5.55. The number of nitrogens with one attached hydrogen (secondary N) is 1. The van der Waals surface area contributed by atoms with Gasteiger partial charge in [0, 0.05) is 12.8 Å². The quantitative estimate of drug-likeness (QED) is 0.0402. The topological polar surface area (TPSA) is 248 Å². The summed E-state index contributed by atoms with van der Waals surface area (Å²) < 4.78 is 14.7. The fourth-order valence-corrected chi connectivity index (χ4v) is 3.27. The molecule has 15 heteroatoms. The van der Waals surface area contributed by atoms with Gasteiger partial charge in [0.1, 0.15) is 48.8 Å². The van der Waals surface area contributed by atoms with Crippen molar-refractivity contribution in [3.63, 3.8) is 0 Å². The van der Waals surface area contributed by atoms with E-state index in [2.05, 4.69) is 15.3 Å². The third-order valence-electron chi connectivity index (χ3n) is 5.55. The summed E-state index contributed by atoms with van der Waals surface area (Å²) in [5.41, 5.74) is 2.15. The molecule has 0 aliphatic carbocycles. The number of aliphatic hydroxyl groups is 8. The van der Waals surface area contributed by atoms with Gasteiger partial charge in [-0.1, -0.05) is 12.8 Å². The Morgan fingerprint density at radius 1 is 0.972 bits per heavy atom. The van der Waals surface area contributed by atoms with Gasteiger partial charge in [0.25, 0.3) is 0 Å². The van der Waals surface area contributed by atoms with Crippen LogP contribution in [0.25, 0.3) is 0 Å². The van der Waals surface area contributed by atoms with Crippen molar-refractivity contribution < 1.29 is 64.7 Å². The summed E-state index contributed by atoms with van der Waals surface area (Å²) in [6.07, 6.45) is -11.4. The van der Waals surface area contributed by atoms with E-state index in [1.807, 2.05) is 0 Å². The van der Waals surface area contributed by atoms with Crippen LogP contribution in [0.15, 0.2) is 5.10 Å². The number of ether oxygens (including phenoxy) is 3. The maximum Gasteiger partial charge on any atom is 0.305 e. The molecular formula is C21H38N2O13. The average Bonchev–Trinajstić information content (AvgIpc) is 2.87. The Kier molecular flexibility index (Phi) is 15.1. The summed E-state index contributed by atoms with van der Waals surface area (Å²) in [5.74, 6) is -0.740. The van der Waals surface area contributed by atoms with E-state index >= 15 is 0 Å². The number of carbonyl (C=O) groups excluding carboxylic acids is 2. The molecule has 36 heavy (non-hydrogen) atoms. The fraction of sp³-hybridized carbons (Fsp3) is 0.857. The van der Waals surface area contributed by atoms with E-state index in [4.69, 9.17) is 14.6 Å². The smallest absolute Gasteiger partial charge is 0.305 e.